The maximum atomic E-state index is 12.3. The second-order valence-electron chi connectivity index (χ2n) is 6.57. The Balaban J connectivity index is 1.68. The number of nitrogens with one attached hydrogen (secondary N) is 1. The number of aromatic hydroxyl groups is 1. The molecule has 3 heterocycles. The number of amides is 1. The molecular formula is C18H18F2N4O3. The van der Waals surface area contributed by atoms with Crippen LogP contribution in [0.4, 0.5) is 14.6 Å². The van der Waals surface area contributed by atoms with Crippen molar-refractivity contribution < 1.29 is 23.4 Å². The second-order valence-corrected chi connectivity index (χ2v) is 6.57. The SMILES string of the molecule is Cc1c(-c2ccc(OC(F)F)cc2O)nnc2c1CCN2[C@H]1CCNC1=O. The van der Waals surface area contributed by atoms with Gasteiger partial charge in [0.2, 0.25) is 5.91 Å². The van der Waals surface area contributed by atoms with Crippen molar-refractivity contribution in [3.8, 4) is 22.8 Å². The molecule has 1 atom stereocenters. The molecule has 1 saturated heterocycles. The Kier molecular flexibility index (Phi) is 4.29. The Morgan fingerprint density at radius 3 is 2.85 bits per heavy atom. The fourth-order valence-electron chi connectivity index (χ4n) is 3.74. The molecule has 2 aliphatic rings. The van der Waals surface area contributed by atoms with Crippen LogP contribution in [0.15, 0.2) is 18.2 Å². The lowest BCUT2D eigenvalue weighted by Gasteiger charge is -2.23. The van der Waals surface area contributed by atoms with E-state index >= 15 is 0 Å². The number of carbonyl (C=O) groups excluding carboxylic acids is 1. The van der Waals surface area contributed by atoms with Gasteiger partial charge in [0.15, 0.2) is 5.82 Å². The van der Waals surface area contributed by atoms with Crippen LogP contribution in [0.1, 0.15) is 17.5 Å². The minimum Gasteiger partial charge on any atom is -0.507 e. The third kappa shape index (κ3) is 3.02. The largest absolute Gasteiger partial charge is 0.507 e. The average Bonchev–Trinajstić information content (AvgIpc) is 3.21. The van der Waals surface area contributed by atoms with E-state index in [4.69, 9.17) is 0 Å². The van der Waals surface area contributed by atoms with Gasteiger partial charge in [-0.2, -0.15) is 8.78 Å². The predicted octanol–water partition coefficient (Wildman–Crippen LogP) is 2.01. The molecule has 4 rings (SSSR count). The summed E-state index contributed by atoms with van der Waals surface area (Å²) >= 11 is 0. The minimum atomic E-state index is -2.96. The number of benzene rings is 1. The van der Waals surface area contributed by atoms with Gasteiger partial charge in [0.1, 0.15) is 17.5 Å². The zero-order chi connectivity index (χ0) is 19.1. The number of halogens is 2. The van der Waals surface area contributed by atoms with Crippen molar-refractivity contribution in [3.63, 3.8) is 0 Å². The molecule has 0 bridgehead atoms. The number of alkyl halides is 2. The van der Waals surface area contributed by atoms with Gasteiger partial charge in [0, 0.05) is 30.3 Å². The van der Waals surface area contributed by atoms with Gasteiger partial charge in [-0.05, 0) is 37.5 Å². The number of hydrogen-bond donors (Lipinski definition) is 2. The fraction of sp³-hybridized carbons (Fsp3) is 0.389. The molecule has 0 radical (unpaired) electrons. The topological polar surface area (TPSA) is 87.6 Å². The van der Waals surface area contributed by atoms with Crippen LogP contribution in [-0.4, -0.2) is 47.0 Å². The highest BCUT2D eigenvalue weighted by molar-refractivity contribution is 5.88. The summed E-state index contributed by atoms with van der Waals surface area (Å²) < 4.78 is 28.9. The second kappa shape index (κ2) is 6.64. The van der Waals surface area contributed by atoms with Gasteiger partial charge in [0.25, 0.3) is 0 Å². The van der Waals surface area contributed by atoms with Crippen molar-refractivity contribution in [2.45, 2.75) is 32.4 Å². The first-order chi connectivity index (χ1) is 13.0. The molecule has 1 amide bonds. The predicted molar refractivity (Wildman–Crippen MR) is 93.0 cm³/mol. The number of fused-ring (bicyclic) bond motifs is 1. The zero-order valence-electron chi connectivity index (χ0n) is 14.6. The molecule has 2 aromatic rings. The third-order valence-corrected chi connectivity index (χ3v) is 5.04. The number of nitrogens with zero attached hydrogens (tertiary/aromatic N) is 3. The van der Waals surface area contributed by atoms with Gasteiger partial charge in [0.05, 0.1) is 5.69 Å². The van der Waals surface area contributed by atoms with E-state index in [0.717, 1.165) is 30.0 Å². The lowest BCUT2D eigenvalue weighted by Crippen LogP contribution is -2.40. The Morgan fingerprint density at radius 2 is 2.19 bits per heavy atom. The van der Waals surface area contributed by atoms with Crippen LogP contribution in [0.2, 0.25) is 0 Å². The molecule has 0 aliphatic carbocycles. The van der Waals surface area contributed by atoms with E-state index in [1.807, 2.05) is 11.8 Å². The van der Waals surface area contributed by atoms with Crippen LogP contribution in [-0.2, 0) is 11.2 Å². The lowest BCUT2D eigenvalue weighted by atomic mass is 10.0. The van der Waals surface area contributed by atoms with Gasteiger partial charge < -0.3 is 20.1 Å². The summed E-state index contributed by atoms with van der Waals surface area (Å²) in [4.78, 5) is 14.0. The number of rotatable bonds is 4. The van der Waals surface area contributed by atoms with E-state index < -0.39 is 6.61 Å². The third-order valence-electron chi connectivity index (χ3n) is 5.04. The Hall–Kier alpha value is -2.97. The first-order valence-electron chi connectivity index (χ1n) is 8.64. The van der Waals surface area contributed by atoms with Gasteiger partial charge in [-0.15, -0.1) is 10.2 Å². The molecule has 0 saturated carbocycles. The Morgan fingerprint density at radius 1 is 1.37 bits per heavy atom. The summed E-state index contributed by atoms with van der Waals surface area (Å²) in [6.07, 6.45) is 1.45. The standard InChI is InChI=1S/C18H18F2N4O3/c1-9-11-5-7-24(13-4-6-21-17(13)26)16(11)23-22-15(9)12-3-2-10(8-14(12)25)27-18(19)20/h2-3,8,13,18,25H,4-7H2,1H3,(H,21,26)/t13-/m0/s1. The quantitative estimate of drug-likeness (QED) is 0.849. The number of anilines is 1. The molecule has 1 fully saturated rings. The summed E-state index contributed by atoms with van der Waals surface area (Å²) in [5.74, 6) is 0.348. The van der Waals surface area contributed by atoms with E-state index in [1.54, 1.807) is 0 Å². The number of aromatic nitrogens is 2. The van der Waals surface area contributed by atoms with Crippen molar-refractivity contribution in [3.05, 3.63) is 29.3 Å². The highest BCUT2D eigenvalue weighted by Crippen LogP contribution is 2.38. The van der Waals surface area contributed by atoms with Gasteiger partial charge in [-0.1, -0.05) is 0 Å². The number of phenolic OH excluding ortho intramolecular Hbond substituents is 1. The maximum absolute atomic E-state index is 12.3. The van der Waals surface area contributed by atoms with Crippen molar-refractivity contribution in [2.24, 2.45) is 0 Å². The number of phenols is 1. The number of hydrogen-bond acceptors (Lipinski definition) is 6. The number of ether oxygens (including phenoxy) is 1. The van der Waals surface area contributed by atoms with Crippen molar-refractivity contribution >= 4 is 11.7 Å². The van der Waals surface area contributed by atoms with Crippen LogP contribution in [0, 0.1) is 6.92 Å². The van der Waals surface area contributed by atoms with Gasteiger partial charge in [-0.3, -0.25) is 4.79 Å². The molecule has 0 unspecified atom stereocenters. The molecule has 1 aromatic carbocycles. The van der Waals surface area contributed by atoms with Crippen LogP contribution in [0.3, 0.4) is 0 Å². The van der Waals surface area contributed by atoms with E-state index in [9.17, 15) is 18.7 Å². The van der Waals surface area contributed by atoms with Crippen molar-refractivity contribution in [2.75, 3.05) is 18.0 Å². The maximum Gasteiger partial charge on any atom is 0.387 e. The summed E-state index contributed by atoms with van der Waals surface area (Å²) in [5.41, 5.74) is 2.69. The molecular weight excluding hydrogens is 358 g/mol. The summed E-state index contributed by atoms with van der Waals surface area (Å²) in [6.45, 7) is 0.250. The normalized spacial score (nSPS) is 18.7. The Bertz CT molecular complexity index is 906. The monoisotopic (exact) mass is 376 g/mol. The van der Waals surface area contributed by atoms with E-state index in [-0.39, 0.29) is 23.4 Å². The van der Waals surface area contributed by atoms with Crippen LogP contribution in [0.5, 0.6) is 11.5 Å². The van der Waals surface area contributed by atoms with Crippen LogP contribution in [0.25, 0.3) is 11.3 Å². The molecule has 1 aromatic heterocycles. The molecule has 9 heteroatoms. The lowest BCUT2D eigenvalue weighted by molar-refractivity contribution is -0.120. The summed E-state index contributed by atoms with van der Waals surface area (Å²) in [6, 6.07) is 3.73. The van der Waals surface area contributed by atoms with Gasteiger partial charge in [-0.25, -0.2) is 0 Å². The van der Waals surface area contributed by atoms with E-state index in [0.29, 0.717) is 30.2 Å². The highest BCUT2D eigenvalue weighted by Gasteiger charge is 2.36. The zero-order valence-corrected chi connectivity index (χ0v) is 14.6. The molecule has 2 aliphatic heterocycles. The van der Waals surface area contributed by atoms with E-state index in [2.05, 4.69) is 20.3 Å². The smallest absolute Gasteiger partial charge is 0.387 e. The van der Waals surface area contributed by atoms with Crippen LogP contribution < -0.4 is 15.0 Å². The molecule has 7 nitrogen and oxygen atoms in total. The van der Waals surface area contributed by atoms with Crippen LogP contribution >= 0.6 is 0 Å². The van der Waals surface area contributed by atoms with Crippen molar-refractivity contribution in [1.82, 2.24) is 15.5 Å². The fourth-order valence-corrected chi connectivity index (χ4v) is 3.74. The Labute approximate surface area is 154 Å². The highest BCUT2D eigenvalue weighted by atomic mass is 19.3. The average molecular weight is 376 g/mol. The van der Waals surface area contributed by atoms with E-state index in [1.165, 1.54) is 12.1 Å². The molecule has 27 heavy (non-hydrogen) atoms. The molecule has 142 valence electrons. The summed E-state index contributed by atoms with van der Waals surface area (Å²) in [5, 5.41) is 21.6. The van der Waals surface area contributed by atoms with Gasteiger partial charge >= 0.3 is 6.61 Å². The first kappa shape index (κ1) is 17.4. The first-order valence-corrected chi connectivity index (χ1v) is 8.64. The minimum absolute atomic E-state index is 0.00126. The summed E-state index contributed by atoms with van der Waals surface area (Å²) in [7, 11) is 0. The van der Waals surface area contributed by atoms with Crippen molar-refractivity contribution in [1.29, 1.82) is 0 Å². The molecule has 2 N–H and O–H groups in total. The molecule has 0 spiro atoms. The number of carbonyl (C=O) groups is 1.